The topological polar surface area (TPSA) is 78.3 Å². The number of rotatable bonds is 8. The summed E-state index contributed by atoms with van der Waals surface area (Å²) in [4.78, 5) is 26.6. The van der Waals surface area contributed by atoms with Gasteiger partial charge in [-0.05, 0) is 66.6 Å². The van der Waals surface area contributed by atoms with Gasteiger partial charge in [-0.15, -0.1) is 0 Å². The quantitative estimate of drug-likeness (QED) is 0.254. The number of H-pyrrole nitrogens is 1. The standard InChI is InChI=1S/C33H27N3O4/c1-23-32-30(20-31(37)35(23)21-25-11-8-14-29(19-25)40-28-12-6-3-7-13-28)34-36(33(32)38)26-15-17-27(18-16-26)39-22-24-9-4-2-5-10-24/h2-20,34H,21-22H2,1H3. The molecule has 198 valence electrons. The number of aromatic nitrogens is 3. The first kappa shape index (κ1) is 25.0. The second-order valence-corrected chi connectivity index (χ2v) is 9.53. The largest absolute Gasteiger partial charge is 0.489 e. The number of benzene rings is 4. The molecule has 2 aromatic heterocycles. The maximum atomic E-state index is 13.5. The third kappa shape index (κ3) is 5.17. The Morgan fingerprint density at radius 2 is 1.38 bits per heavy atom. The smallest absolute Gasteiger partial charge is 0.280 e. The normalized spacial score (nSPS) is 11.0. The molecule has 7 heteroatoms. The fourth-order valence-electron chi connectivity index (χ4n) is 4.74. The molecule has 0 radical (unpaired) electrons. The Bertz CT molecular complexity index is 1890. The van der Waals surface area contributed by atoms with Gasteiger partial charge in [0.1, 0.15) is 23.9 Å². The molecule has 1 N–H and O–H groups in total. The molecule has 7 nitrogen and oxygen atoms in total. The van der Waals surface area contributed by atoms with Gasteiger partial charge in [0.2, 0.25) is 0 Å². The molecule has 6 aromatic rings. The lowest BCUT2D eigenvalue weighted by Gasteiger charge is -2.12. The molecule has 4 aromatic carbocycles. The predicted octanol–water partition coefficient (Wildman–Crippen LogP) is 6.21. The minimum Gasteiger partial charge on any atom is -0.489 e. The van der Waals surface area contributed by atoms with Crippen LogP contribution in [0.2, 0.25) is 0 Å². The second-order valence-electron chi connectivity index (χ2n) is 9.53. The molecule has 6 rings (SSSR count). The minimum atomic E-state index is -0.222. The van der Waals surface area contributed by atoms with E-state index in [0.717, 1.165) is 16.9 Å². The van der Waals surface area contributed by atoms with Gasteiger partial charge in [-0.1, -0.05) is 60.7 Å². The maximum Gasteiger partial charge on any atom is 0.280 e. The molecule has 0 saturated heterocycles. The van der Waals surface area contributed by atoms with Crippen LogP contribution in [0.4, 0.5) is 0 Å². The Balaban J connectivity index is 1.26. The Morgan fingerprint density at radius 3 is 2.12 bits per heavy atom. The SMILES string of the molecule is Cc1c2c(=O)n(-c3ccc(OCc4ccccc4)cc3)[nH]c2cc(=O)n1Cc1cccc(Oc2ccccc2)c1. The second kappa shape index (κ2) is 10.8. The number of fused-ring (bicyclic) bond motifs is 1. The predicted molar refractivity (Wildman–Crippen MR) is 156 cm³/mol. The van der Waals surface area contributed by atoms with Crippen molar-refractivity contribution in [2.75, 3.05) is 0 Å². The lowest BCUT2D eigenvalue weighted by Crippen LogP contribution is -2.23. The van der Waals surface area contributed by atoms with E-state index in [2.05, 4.69) is 5.10 Å². The van der Waals surface area contributed by atoms with Gasteiger partial charge in [0, 0.05) is 11.8 Å². The molecule has 0 spiro atoms. The van der Waals surface area contributed by atoms with Gasteiger partial charge in [-0.3, -0.25) is 14.7 Å². The van der Waals surface area contributed by atoms with E-state index in [9.17, 15) is 9.59 Å². The highest BCUT2D eigenvalue weighted by Crippen LogP contribution is 2.23. The van der Waals surface area contributed by atoms with Crippen LogP contribution in [-0.2, 0) is 13.2 Å². The first-order valence-corrected chi connectivity index (χ1v) is 13.0. The summed E-state index contributed by atoms with van der Waals surface area (Å²) in [5.74, 6) is 2.11. The van der Waals surface area contributed by atoms with Crippen molar-refractivity contribution in [1.29, 1.82) is 0 Å². The molecule has 40 heavy (non-hydrogen) atoms. The number of hydrogen-bond acceptors (Lipinski definition) is 4. The molecule has 0 bridgehead atoms. The molecule has 0 atom stereocenters. The highest BCUT2D eigenvalue weighted by Gasteiger charge is 2.16. The number of aromatic amines is 1. The number of hydrogen-bond donors (Lipinski definition) is 1. The lowest BCUT2D eigenvalue weighted by atomic mass is 10.2. The summed E-state index contributed by atoms with van der Waals surface area (Å²) in [5.41, 5.74) is 3.29. The highest BCUT2D eigenvalue weighted by molar-refractivity contribution is 5.80. The number of pyridine rings is 1. The number of aryl methyl sites for hydroxylation is 1. The van der Waals surface area contributed by atoms with Crippen LogP contribution in [0, 0.1) is 6.92 Å². The van der Waals surface area contributed by atoms with Gasteiger partial charge in [0.25, 0.3) is 11.1 Å². The Morgan fingerprint density at radius 1 is 0.700 bits per heavy atom. The number of nitrogens with zero attached hydrogens (tertiary/aromatic N) is 2. The van der Waals surface area contributed by atoms with Crippen molar-refractivity contribution < 1.29 is 9.47 Å². The summed E-state index contributed by atoms with van der Waals surface area (Å²) in [6, 6.07) is 35.8. The molecule has 0 amide bonds. The van der Waals surface area contributed by atoms with Crippen LogP contribution in [0.5, 0.6) is 17.2 Å². The van der Waals surface area contributed by atoms with E-state index in [1.54, 1.807) is 11.5 Å². The van der Waals surface area contributed by atoms with Gasteiger partial charge in [0.05, 0.1) is 23.1 Å². The molecule has 0 aliphatic rings. The molecule has 2 heterocycles. The maximum absolute atomic E-state index is 13.5. The number of para-hydroxylation sites is 1. The fraction of sp³-hybridized carbons (Fsp3) is 0.0909. The highest BCUT2D eigenvalue weighted by atomic mass is 16.5. The zero-order valence-corrected chi connectivity index (χ0v) is 21.9. The monoisotopic (exact) mass is 529 g/mol. The Labute approximate surface area is 230 Å². The number of ether oxygens (including phenoxy) is 2. The summed E-state index contributed by atoms with van der Waals surface area (Å²) in [6.07, 6.45) is 0. The van der Waals surface area contributed by atoms with E-state index in [-0.39, 0.29) is 11.1 Å². The molecular weight excluding hydrogens is 502 g/mol. The molecule has 0 unspecified atom stereocenters. The van der Waals surface area contributed by atoms with Crippen molar-refractivity contribution >= 4 is 10.9 Å². The fourth-order valence-corrected chi connectivity index (χ4v) is 4.74. The van der Waals surface area contributed by atoms with E-state index >= 15 is 0 Å². The van der Waals surface area contributed by atoms with Crippen molar-refractivity contribution in [2.24, 2.45) is 0 Å². The van der Waals surface area contributed by atoms with Crippen LogP contribution in [0.1, 0.15) is 16.8 Å². The Hall–Kier alpha value is -5.30. The number of nitrogens with one attached hydrogen (secondary N) is 1. The first-order valence-electron chi connectivity index (χ1n) is 13.0. The average Bonchev–Trinajstić information content (AvgIpc) is 3.31. The summed E-state index contributed by atoms with van der Waals surface area (Å²) < 4.78 is 14.9. The summed E-state index contributed by atoms with van der Waals surface area (Å²) in [7, 11) is 0. The van der Waals surface area contributed by atoms with Crippen LogP contribution in [0.15, 0.2) is 125 Å². The van der Waals surface area contributed by atoms with Gasteiger partial charge in [-0.2, -0.15) is 0 Å². The average molecular weight is 530 g/mol. The summed E-state index contributed by atoms with van der Waals surface area (Å²) in [5, 5.41) is 3.57. The van der Waals surface area contributed by atoms with E-state index in [0.29, 0.717) is 46.9 Å². The van der Waals surface area contributed by atoms with E-state index in [1.807, 2.05) is 109 Å². The molecular formula is C33H27N3O4. The summed E-state index contributed by atoms with van der Waals surface area (Å²) in [6.45, 7) is 2.57. The van der Waals surface area contributed by atoms with Gasteiger partial charge in [0.15, 0.2) is 0 Å². The Kier molecular flexibility index (Phi) is 6.77. The molecule has 0 fully saturated rings. The van der Waals surface area contributed by atoms with Crippen molar-refractivity contribution in [3.05, 3.63) is 153 Å². The van der Waals surface area contributed by atoms with Crippen LogP contribution < -0.4 is 20.6 Å². The molecule has 0 aliphatic carbocycles. The van der Waals surface area contributed by atoms with E-state index < -0.39 is 0 Å². The zero-order chi connectivity index (χ0) is 27.5. The van der Waals surface area contributed by atoms with Gasteiger partial charge >= 0.3 is 0 Å². The third-order valence-corrected chi connectivity index (χ3v) is 6.78. The third-order valence-electron chi connectivity index (χ3n) is 6.78. The van der Waals surface area contributed by atoms with Gasteiger partial charge < -0.3 is 14.0 Å². The lowest BCUT2D eigenvalue weighted by molar-refractivity contribution is 0.306. The van der Waals surface area contributed by atoms with Crippen LogP contribution >= 0.6 is 0 Å². The van der Waals surface area contributed by atoms with Crippen molar-refractivity contribution in [1.82, 2.24) is 14.3 Å². The summed E-state index contributed by atoms with van der Waals surface area (Å²) >= 11 is 0. The molecule has 0 saturated carbocycles. The molecule has 0 aliphatic heterocycles. The van der Waals surface area contributed by atoms with Crippen molar-refractivity contribution in [3.8, 4) is 22.9 Å². The zero-order valence-electron chi connectivity index (χ0n) is 21.9. The van der Waals surface area contributed by atoms with Crippen LogP contribution in [0.25, 0.3) is 16.6 Å². The van der Waals surface area contributed by atoms with Gasteiger partial charge in [-0.25, -0.2) is 4.68 Å². The van der Waals surface area contributed by atoms with Crippen LogP contribution in [0.3, 0.4) is 0 Å². The van der Waals surface area contributed by atoms with E-state index in [4.69, 9.17) is 9.47 Å². The van der Waals surface area contributed by atoms with E-state index in [1.165, 1.54) is 10.7 Å². The van der Waals surface area contributed by atoms with Crippen molar-refractivity contribution in [3.63, 3.8) is 0 Å². The first-order chi connectivity index (χ1) is 19.5. The minimum absolute atomic E-state index is 0.197. The van der Waals surface area contributed by atoms with Crippen molar-refractivity contribution in [2.45, 2.75) is 20.1 Å². The van der Waals surface area contributed by atoms with Crippen LogP contribution in [-0.4, -0.2) is 14.3 Å².